The molecule has 15 aromatic carbocycles. The van der Waals surface area contributed by atoms with Crippen LogP contribution in [0.5, 0.6) is 0 Å². The number of benzene rings is 15. The van der Waals surface area contributed by atoms with E-state index in [0.29, 0.717) is 0 Å². The molecule has 98 heavy (non-hydrogen) atoms. The van der Waals surface area contributed by atoms with Crippen LogP contribution in [0.25, 0.3) is 133 Å². The zero-order valence-electron chi connectivity index (χ0n) is 53.5. The first-order valence-electron chi connectivity index (χ1n) is 33.4. The Bertz CT molecular complexity index is 5440. The molecule has 0 aliphatic heterocycles. The first-order valence-corrected chi connectivity index (χ1v) is 33.4. The molecule has 18 aromatic rings. The summed E-state index contributed by atoms with van der Waals surface area (Å²) in [6, 6.07) is 135. The van der Waals surface area contributed by atoms with Crippen molar-refractivity contribution < 1.29 is 0 Å². The summed E-state index contributed by atoms with van der Waals surface area (Å²) in [5, 5.41) is 4.95. The van der Waals surface area contributed by atoms with Gasteiger partial charge in [-0.05, 0) is 155 Å². The van der Waals surface area contributed by atoms with Gasteiger partial charge in [0.1, 0.15) is 0 Å². The van der Waals surface area contributed by atoms with E-state index in [-0.39, 0.29) is 0 Å². The molecule has 0 saturated heterocycles. The molecular formula is C92H62N6. The lowest BCUT2D eigenvalue weighted by molar-refractivity contribution is 1.17. The molecule has 3 aromatic heterocycles. The van der Waals surface area contributed by atoms with Crippen LogP contribution in [-0.2, 0) is 0 Å². The van der Waals surface area contributed by atoms with Gasteiger partial charge in [-0.2, -0.15) is 0 Å². The molecule has 3 heterocycles. The maximum Gasteiger partial charge on any atom is 0.0979 e. The highest BCUT2D eigenvalue weighted by Crippen LogP contribution is 2.44. The molecular weight excluding hydrogens is 1190 g/mol. The fourth-order valence-electron chi connectivity index (χ4n) is 14.4. The Labute approximate surface area is 568 Å². The van der Waals surface area contributed by atoms with Crippen molar-refractivity contribution in [2.24, 2.45) is 0 Å². The van der Waals surface area contributed by atoms with Crippen molar-refractivity contribution in [3.05, 3.63) is 376 Å². The molecule has 0 fully saturated rings. The fourth-order valence-corrected chi connectivity index (χ4v) is 14.4. The van der Waals surface area contributed by atoms with E-state index in [4.69, 9.17) is 9.97 Å². The predicted octanol–water partition coefficient (Wildman–Crippen LogP) is 24.8. The van der Waals surface area contributed by atoms with E-state index < -0.39 is 0 Å². The molecule has 0 aliphatic carbocycles. The number of hydrogen-bond donors (Lipinski definition) is 0. The Morgan fingerprint density at radius 3 is 0.735 bits per heavy atom. The second-order valence-electron chi connectivity index (χ2n) is 24.9. The molecule has 0 saturated carbocycles. The smallest absolute Gasteiger partial charge is 0.0979 e. The van der Waals surface area contributed by atoms with Gasteiger partial charge in [0.25, 0.3) is 0 Å². The van der Waals surface area contributed by atoms with E-state index in [9.17, 15) is 0 Å². The Morgan fingerprint density at radius 2 is 0.418 bits per heavy atom. The third-order valence-corrected chi connectivity index (χ3v) is 19.1. The van der Waals surface area contributed by atoms with E-state index in [0.717, 1.165) is 112 Å². The standard InChI is InChI=1S/C92H62N6/c1-5-21-63(22-6-1)65-37-41-67(42-38-65)79-61-62-80(68-43-39-66(40-44-68)64-23-7-2-8-24-64)92-91(79)93-89(69-45-49-73(50-46-69)95(71-25-9-3-10-26-71)75-53-57-77(58-54-75)97-85-33-17-13-29-81(85)82-30-14-18-34-86(82)97)90(94-92)70-47-51-74(52-48-70)96(72-27-11-4-12-28-72)76-55-59-78(60-56-76)98-87-35-19-15-31-83(87)84-32-16-20-36-88(84)98/h1-62H. The topological polar surface area (TPSA) is 42.1 Å². The number of fused-ring (bicyclic) bond motifs is 7. The second kappa shape index (κ2) is 24.6. The highest BCUT2D eigenvalue weighted by atomic mass is 15.1. The number of nitrogens with zero attached hydrogens (tertiary/aromatic N) is 6. The van der Waals surface area contributed by atoms with Gasteiger partial charge in [-0.1, -0.05) is 255 Å². The minimum absolute atomic E-state index is 0.776. The number of aromatic nitrogens is 4. The average molecular weight is 1250 g/mol. The van der Waals surface area contributed by atoms with Crippen molar-refractivity contribution in [1.82, 2.24) is 19.1 Å². The van der Waals surface area contributed by atoms with E-state index in [1.54, 1.807) is 0 Å². The van der Waals surface area contributed by atoms with Gasteiger partial charge in [-0.15, -0.1) is 0 Å². The van der Waals surface area contributed by atoms with Crippen molar-refractivity contribution in [1.29, 1.82) is 0 Å². The van der Waals surface area contributed by atoms with Crippen LogP contribution < -0.4 is 9.80 Å². The molecule has 0 N–H and O–H groups in total. The zero-order valence-corrected chi connectivity index (χ0v) is 53.5. The van der Waals surface area contributed by atoms with Gasteiger partial charge < -0.3 is 18.9 Å². The third-order valence-electron chi connectivity index (χ3n) is 19.1. The van der Waals surface area contributed by atoms with Gasteiger partial charge in [-0.3, -0.25) is 0 Å². The zero-order chi connectivity index (χ0) is 64.9. The summed E-state index contributed by atoms with van der Waals surface area (Å²) in [4.78, 5) is 16.5. The van der Waals surface area contributed by atoms with Crippen LogP contribution in [0.3, 0.4) is 0 Å². The van der Waals surface area contributed by atoms with Gasteiger partial charge >= 0.3 is 0 Å². The van der Waals surface area contributed by atoms with E-state index in [2.05, 4.69) is 395 Å². The van der Waals surface area contributed by atoms with Crippen LogP contribution in [-0.4, -0.2) is 19.1 Å². The second-order valence-corrected chi connectivity index (χ2v) is 24.9. The molecule has 0 unspecified atom stereocenters. The summed E-state index contributed by atoms with van der Waals surface area (Å²) in [5.74, 6) is 0. The summed E-state index contributed by atoms with van der Waals surface area (Å²) in [6.45, 7) is 0. The molecule has 0 atom stereocenters. The summed E-state index contributed by atoms with van der Waals surface area (Å²) in [5.41, 5.74) is 26.9. The summed E-state index contributed by atoms with van der Waals surface area (Å²) in [6.07, 6.45) is 0. The van der Waals surface area contributed by atoms with Gasteiger partial charge in [0.15, 0.2) is 0 Å². The monoisotopic (exact) mass is 1250 g/mol. The Hall–Kier alpha value is -13.2. The minimum Gasteiger partial charge on any atom is -0.311 e. The Balaban J connectivity index is 0.785. The number of anilines is 6. The third kappa shape index (κ3) is 10.3. The van der Waals surface area contributed by atoms with Gasteiger partial charge in [0, 0.05) is 89.3 Å². The summed E-state index contributed by atoms with van der Waals surface area (Å²) in [7, 11) is 0. The molecule has 0 bridgehead atoms. The quantitative estimate of drug-likeness (QED) is 0.109. The summed E-state index contributed by atoms with van der Waals surface area (Å²) >= 11 is 0. The molecule has 18 rings (SSSR count). The SMILES string of the molecule is c1ccc(-c2ccc(-c3ccc(-c4ccc(-c5ccccc5)cc4)c4nc(-c5ccc(N(c6ccccc6)c6ccc(-n7c8ccccc8c8ccccc87)cc6)cc5)c(-c5ccc(N(c6ccccc6)c6ccc(-n7c8ccccc8c8ccccc87)cc6)cc5)nc34)cc2)cc1. The maximum atomic E-state index is 5.93. The highest BCUT2D eigenvalue weighted by Gasteiger charge is 2.23. The van der Waals surface area contributed by atoms with Crippen LogP contribution >= 0.6 is 0 Å². The van der Waals surface area contributed by atoms with E-state index in [1.807, 2.05) is 0 Å². The lowest BCUT2D eigenvalue weighted by atomic mass is 9.94. The van der Waals surface area contributed by atoms with Crippen LogP contribution in [0.2, 0.25) is 0 Å². The lowest BCUT2D eigenvalue weighted by Gasteiger charge is -2.26. The fraction of sp³-hybridized carbons (Fsp3) is 0. The maximum absolute atomic E-state index is 5.93. The molecule has 0 radical (unpaired) electrons. The van der Waals surface area contributed by atoms with Gasteiger partial charge in [-0.25, -0.2) is 9.97 Å². The number of hydrogen-bond acceptors (Lipinski definition) is 4. The molecule has 460 valence electrons. The van der Waals surface area contributed by atoms with Gasteiger partial charge in [0.2, 0.25) is 0 Å². The van der Waals surface area contributed by atoms with Crippen molar-refractivity contribution in [3.8, 4) is 78.4 Å². The number of rotatable bonds is 14. The highest BCUT2D eigenvalue weighted by molar-refractivity contribution is 6.11. The molecule has 6 heteroatoms. The largest absolute Gasteiger partial charge is 0.311 e. The average Bonchev–Trinajstić information content (AvgIpc) is 1.75. The minimum atomic E-state index is 0.776. The van der Waals surface area contributed by atoms with Crippen molar-refractivity contribution >= 4 is 88.8 Å². The first kappa shape index (κ1) is 57.5. The number of para-hydroxylation sites is 6. The Morgan fingerprint density at radius 1 is 0.184 bits per heavy atom. The first-order chi connectivity index (χ1) is 48.6. The van der Waals surface area contributed by atoms with Crippen LogP contribution in [0, 0.1) is 0 Å². The lowest BCUT2D eigenvalue weighted by Crippen LogP contribution is -2.10. The van der Waals surface area contributed by atoms with Crippen molar-refractivity contribution in [2.75, 3.05) is 9.80 Å². The predicted molar refractivity (Wildman–Crippen MR) is 410 cm³/mol. The van der Waals surface area contributed by atoms with Crippen LogP contribution in [0.4, 0.5) is 34.1 Å². The Kier molecular flexibility index (Phi) is 14.5. The molecule has 0 amide bonds. The summed E-state index contributed by atoms with van der Waals surface area (Å²) < 4.78 is 4.74. The molecule has 0 aliphatic rings. The van der Waals surface area contributed by atoms with Crippen LogP contribution in [0.1, 0.15) is 0 Å². The van der Waals surface area contributed by atoms with Crippen molar-refractivity contribution in [3.63, 3.8) is 0 Å². The van der Waals surface area contributed by atoms with Crippen molar-refractivity contribution in [2.45, 2.75) is 0 Å². The van der Waals surface area contributed by atoms with Crippen LogP contribution in [0.15, 0.2) is 376 Å². The normalized spacial score (nSPS) is 11.5. The van der Waals surface area contributed by atoms with E-state index in [1.165, 1.54) is 54.7 Å². The molecule has 0 spiro atoms. The van der Waals surface area contributed by atoms with E-state index >= 15 is 0 Å². The van der Waals surface area contributed by atoms with Gasteiger partial charge in [0.05, 0.1) is 44.5 Å². The molecule has 6 nitrogen and oxygen atoms in total.